The van der Waals surface area contributed by atoms with Crippen LogP contribution in [0.4, 0.5) is 0 Å². The summed E-state index contributed by atoms with van der Waals surface area (Å²) in [4.78, 5) is 4.54. The number of nitrogens with zero attached hydrogens (tertiary/aromatic N) is 5. The second kappa shape index (κ2) is 5.52. The summed E-state index contributed by atoms with van der Waals surface area (Å²) in [7, 11) is 0. The van der Waals surface area contributed by atoms with Crippen LogP contribution in [0.3, 0.4) is 0 Å². The molecule has 3 heterocycles. The molecule has 0 amide bonds. The number of hydrogen-bond acceptors (Lipinski definition) is 4. The molecule has 0 N–H and O–H groups in total. The van der Waals surface area contributed by atoms with E-state index in [2.05, 4.69) is 25.8 Å². The quantitative estimate of drug-likeness (QED) is 0.816. The summed E-state index contributed by atoms with van der Waals surface area (Å²) in [6.07, 6.45) is 7.76. The molecule has 1 aromatic heterocycles. The Balaban J connectivity index is 1.94. The van der Waals surface area contributed by atoms with Gasteiger partial charge in [-0.1, -0.05) is 6.42 Å². The average Bonchev–Trinajstić information content (AvgIpc) is 2.71. The van der Waals surface area contributed by atoms with Gasteiger partial charge < -0.3 is 4.57 Å². The van der Waals surface area contributed by atoms with E-state index >= 15 is 0 Å². The Morgan fingerprint density at radius 3 is 2.74 bits per heavy atom. The van der Waals surface area contributed by atoms with Gasteiger partial charge in [-0.05, 0) is 32.1 Å². The largest absolute Gasteiger partial charge is 0.314 e. The smallest absolute Gasteiger partial charge is 0.156 e. The fourth-order valence-electron chi connectivity index (χ4n) is 2.96. The second-order valence-corrected chi connectivity index (χ2v) is 5.33. The number of fused-ring (bicyclic) bond motifs is 1. The Morgan fingerprint density at radius 1 is 1.05 bits per heavy atom. The topological polar surface area (TPSA) is 66.9 Å². The Labute approximate surface area is 113 Å². The molecule has 100 valence electrons. The maximum atomic E-state index is 9.51. The zero-order valence-corrected chi connectivity index (χ0v) is 11.2. The summed E-state index contributed by atoms with van der Waals surface area (Å²) in [5, 5.41) is 18.1. The minimum absolute atomic E-state index is 0.292. The third kappa shape index (κ3) is 2.40. The van der Waals surface area contributed by atoms with E-state index in [9.17, 15) is 5.26 Å². The van der Waals surface area contributed by atoms with E-state index < -0.39 is 0 Å². The van der Waals surface area contributed by atoms with Gasteiger partial charge in [-0.15, -0.1) is 10.2 Å². The van der Waals surface area contributed by atoms with Gasteiger partial charge in [0.1, 0.15) is 11.7 Å². The van der Waals surface area contributed by atoms with Gasteiger partial charge in [0.05, 0.1) is 6.07 Å². The fourth-order valence-corrected chi connectivity index (χ4v) is 2.96. The van der Waals surface area contributed by atoms with Gasteiger partial charge in [-0.25, -0.2) is 0 Å². The number of aromatic nitrogens is 3. The predicted octanol–water partition coefficient (Wildman–Crippen LogP) is 2.24. The molecule has 5 heteroatoms. The van der Waals surface area contributed by atoms with Gasteiger partial charge in [-0.3, -0.25) is 4.99 Å². The molecular weight excluding hydrogens is 238 g/mol. The van der Waals surface area contributed by atoms with E-state index in [0.717, 1.165) is 62.6 Å². The van der Waals surface area contributed by atoms with Gasteiger partial charge in [0.15, 0.2) is 5.82 Å². The minimum Gasteiger partial charge on any atom is -0.314 e. The average molecular weight is 257 g/mol. The maximum absolute atomic E-state index is 9.51. The molecule has 0 aliphatic carbocycles. The van der Waals surface area contributed by atoms with Crippen molar-refractivity contribution in [1.82, 2.24) is 14.8 Å². The molecule has 0 saturated carbocycles. The Morgan fingerprint density at radius 2 is 1.95 bits per heavy atom. The highest BCUT2D eigenvalue weighted by molar-refractivity contribution is 5.93. The zero-order valence-electron chi connectivity index (χ0n) is 11.2. The van der Waals surface area contributed by atoms with Crippen LogP contribution in [0.1, 0.15) is 56.1 Å². The first-order valence-electron chi connectivity index (χ1n) is 7.25. The van der Waals surface area contributed by atoms with Crippen molar-refractivity contribution in [1.29, 1.82) is 5.26 Å². The van der Waals surface area contributed by atoms with Gasteiger partial charge >= 0.3 is 0 Å². The number of aryl methyl sites for hydroxylation is 1. The molecule has 5 nitrogen and oxygen atoms in total. The molecule has 0 fully saturated rings. The molecule has 2 aliphatic rings. The molecule has 0 radical (unpaired) electrons. The first-order chi connectivity index (χ1) is 9.40. The van der Waals surface area contributed by atoms with Crippen molar-refractivity contribution in [3.8, 4) is 6.07 Å². The number of rotatable bonds is 2. The summed E-state index contributed by atoms with van der Waals surface area (Å²) in [5.74, 6) is 1.57. The summed E-state index contributed by atoms with van der Waals surface area (Å²) >= 11 is 0. The van der Waals surface area contributed by atoms with Gasteiger partial charge in [0.25, 0.3) is 0 Å². The monoisotopic (exact) mass is 257 g/mol. The number of hydrogen-bond donors (Lipinski definition) is 0. The molecule has 0 unspecified atom stereocenters. The molecule has 1 atom stereocenters. The molecule has 19 heavy (non-hydrogen) atoms. The van der Waals surface area contributed by atoms with Gasteiger partial charge in [-0.2, -0.15) is 5.26 Å². The van der Waals surface area contributed by atoms with Crippen LogP contribution in [0.15, 0.2) is 4.99 Å². The van der Waals surface area contributed by atoms with Crippen molar-refractivity contribution in [2.45, 2.75) is 57.4 Å². The van der Waals surface area contributed by atoms with E-state index in [1.54, 1.807) is 0 Å². The Hall–Kier alpha value is -1.70. The highest BCUT2D eigenvalue weighted by Crippen LogP contribution is 2.24. The third-order valence-electron chi connectivity index (χ3n) is 4.01. The van der Waals surface area contributed by atoms with E-state index in [-0.39, 0.29) is 5.92 Å². The van der Waals surface area contributed by atoms with Crippen LogP contribution in [0.2, 0.25) is 0 Å². The lowest BCUT2D eigenvalue weighted by atomic mass is 9.96. The van der Waals surface area contributed by atoms with Crippen molar-refractivity contribution >= 4 is 5.71 Å². The lowest BCUT2D eigenvalue weighted by Gasteiger charge is -2.17. The minimum atomic E-state index is -0.292. The molecule has 0 spiro atoms. The van der Waals surface area contributed by atoms with Crippen LogP contribution in [0.25, 0.3) is 0 Å². The van der Waals surface area contributed by atoms with Crippen LogP contribution in [-0.4, -0.2) is 27.0 Å². The summed E-state index contributed by atoms with van der Waals surface area (Å²) < 4.78 is 2.16. The first kappa shape index (κ1) is 12.3. The maximum Gasteiger partial charge on any atom is 0.156 e. The van der Waals surface area contributed by atoms with Crippen molar-refractivity contribution < 1.29 is 0 Å². The van der Waals surface area contributed by atoms with Gasteiger partial charge in [0.2, 0.25) is 0 Å². The summed E-state index contributed by atoms with van der Waals surface area (Å²) in [6, 6.07) is 2.39. The molecule has 2 aliphatic heterocycles. The molecule has 1 aromatic rings. The van der Waals surface area contributed by atoms with Crippen molar-refractivity contribution in [3.05, 3.63) is 11.6 Å². The number of aliphatic imine (C=N–C) groups is 1. The van der Waals surface area contributed by atoms with Crippen LogP contribution in [0, 0.1) is 11.3 Å². The lowest BCUT2D eigenvalue weighted by Crippen LogP contribution is -2.20. The summed E-state index contributed by atoms with van der Waals surface area (Å²) in [5.41, 5.74) is 1.01. The van der Waals surface area contributed by atoms with E-state index in [0.29, 0.717) is 0 Å². The second-order valence-electron chi connectivity index (χ2n) is 5.33. The first-order valence-corrected chi connectivity index (χ1v) is 7.25. The molecule has 0 saturated heterocycles. The number of nitriles is 1. The SMILES string of the molecule is N#C[C@@H](C1=NCCCC1)c1nnc2n1CCCCC2. The van der Waals surface area contributed by atoms with Crippen LogP contribution in [0.5, 0.6) is 0 Å². The highest BCUT2D eigenvalue weighted by atomic mass is 15.3. The van der Waals surface area contributed by atoms with Crippen molar-refractivity contribution in [3.63, 3.8) is 0 Å². The van der Waals surface area contributed by atoms with E-state index in [1.165, 1.54) is 12.8 Å². The lowest BCUT2D eigenvalue weighted by molar-refractivity contribution is 0.605. The van der Waals surface area contributed by atoms with Crippen LogP contribution in [-0.2, 0) is 13.0 Å². The van der Waals surface area contributed by atoms with Crippen molar-refractivity contribution in [2.24, 2.45) is 4.99 Å². The molecule has 0 aromatic carbocycles. The van der Waals surface area contributed by atoms with Gasteiger partial charge in [0, 0.05) is 25.2 Å². The van der Waals surface area contributed by atoms with Crippen molar-refractivity contribution in [2.75, 3.05) is 6.54 Å². The standard InChI is InChI=1S/C14H19N5/c15-10-11(12-6-3-4-8-16-12)14-18-17-13-7-2-1-5-9-19(13)14/h11H,1-9H2/t11-/m0/s1. The molecule has 3 rings (SSSR count). The van der Waals surface area contributed by atoms with Crippen LogP contribution < -0.4 is 0 Å². The third-order valence-corrected chi connectivity index (χ3v) is 4.01. The Kier molecular flexibility index (Phi) is 3.58. The normalized spacial score (nSPS) is 20.9. The van der Waals surface area contributed by atoms with Crippen LogP contribution >= 0.6 is 0 Å². The molecular formula is C14H19N5. The highest BCUT2D eigenvalue weighted by Gasteiger charge is 2.26. The van der Waals surface area contributed by atoms with E-state index in [1.807, 2.05) is 0 Å². The predicted molar refractivity (Wildman–Crippen MR) is 72.1 cm³/mol. The summed E-state index contributed by atoms with van der Waals surface area (Å²) in [6.45, 7) is 1.80. The van der Waals surface area contributed by atoms with E-state index in [4.69, 9.17) is 0 Å². The Bertz CT molecular complexity index is 522. The zero-order chi connectivity index (χ0) is 13.1. The fraction of sp³-hybridized carbons (Fsp3) is 0.714. The molecule has 0 bridgehead atoms.